The van der Waals surface area contributed by atoms with Crippen molar-refractivity contribution in [2.45, 2.75) is 13.0 Å². The number of nitrogens with two attached hydrogens (primary N) is 1. The molecule has 0 aliphatic carbocycles. The number of carbonyl (C=O) groups excluding carboxylic acids is 1. The molecule has 0 saturated carbocycles. The molecule has 1 rings (SSSR count). The zero-order valence-electron chi connectivity index (χ0n) is 7.87. The maximum absolute atomic E-state index is 11.0. The van der Waals surface area contributed by atoms with Crippen LogP contribution in [0.1, 0.15) is 17.2 Å². The molecule has 0 fully saturated rings. The Morgan fingerprint density at radius 3 is 2.54 bits per heavy atom. The topological polar surface area (TPSA) is 55.1 Å². The Morgan fingerprint density at radius 1 is 1.46 bits per heavy atom. The molecule has 0 aliphatic rings. The predicted molar refractivity (Wildman–Crippen MR) is 52.2 cm³/mol. The summed E-state index contributed by atoms with van der Waals surface area (Å²) < 4.78 is 0. The van der Waals surface area contributed by atoms with Crippen molar-refractivity contribution in [1.29, 1.82) is 0 Å². The monoisotopic (exact) mass is 178 g/mol. The van der Waals surface area contributed by atoms with E-state index in [-0.39, 0.29) is 11.9 Å². The third-order valence-electron chi connectivity index (χ3n) is 2.07. The standard InChI is InChI=1S/C10H14N2O/c1-7-5-3-4-6-8(7)9(12-2)10(11)13/h3-6,9,12H,1-2H3,(H2,11,13). The highest BCUT2D eigenvalue weighted by molar-refractivity contribution is 5.81. The van der Waals surface area contributed by atoms with Crippen molar-refractivity contribution in [2.75, 3.05) is 7.05 Å². The molecular weight excluding hydrogens is 164 g/mol. The molecule has 1 aromatic carbocycles. The van der Waals surface area contributed by atoms with Gasteiger partial charge < -0.3 is 11.1 Å². The van der Waals surface area contributed by atoms with Gasteiger partial charge in [0.25, 0.3) is 0 Å². The zero-order chi connectivity index (χ0) is 9.84. The van der Waals surface area contributed by atoms with Crippen molar-refractivity contribution in [3.8, 4) is 0 Å². The number of aryl methyl sites for hydroxylation is 1. The van der Waals surface area contributed by atoms with E-state index in [9.17, 15) is 4.79 Å². The molecular formula is C10H14N2O. The van der Waals surface area contributed by atoms with Gasteiger partial charge in [0.05, 0.1) is 0 Å². The summed E-state index contributed by atoms with van der Waals surface area (Å²) in [6.45, 7) is 1.96. The van der Waals surface area contributed by atoms with Gasteiger partial charge in [-0.1, -0.05) is 24.3 Å². The van der Waals surface area contributed by atoms with Crippen LogP contribution in [0.15, 0.2) is 24.3 Å². The summed E-state index contributed by atoms with van der Waals surface area (Å²) in [7, 11) is 1.72. The SMILES string of the molecule is CNC(C(N)=O)c1ccccc1C. The van der Waals surface area contributed by atoms with E-state index in [1.54, 1.807) is 7.05 Å². The number of primary amides is 1. The molecule has 70 valence electrons. The third kappa shape index (κ3) is 2.06. The Kier molecular flexibility index (Phi) is 3.03. The Bertz CT molecular complexity index is 310. The minimum absolute atomic E-state index is 0.350. The molecule has 0 aromatic heterocycles. The van der Waals surface area contributed by atoms with Gasteiger partial charge in [0.1, 0.15) is 6.04 Å². The smallest absolute Gasteiger partial charge is 0.239 e. The van der Waals surface area contributed by atoms with E-state index >= 15 is 0 Å². The van der Waals surface area contributed by atoms with E-state index < -0.39 is 0 Å². The van der Waals surface area contributed by atoms with Crippen LogP contribution in [0.2, 0.25) is 0 Å². The molecule has 0 aliphatic heterocycles. The van der Waals surface area contributed by atoms with Crippen LogP contribution in [0.3, 0.4) is 0 Å². The van der Waals surface area contributed by atoms with Crippen LogP contribution in [0.4, 0.5) is 0 Å². The van der Waals surface area contributed by atoms with Gasteiger partial charge in [0.2, 0.25) is 5.91 Å². The quantitative estimate of drug-likeness (QED) is 0.717. The number of benzene rings is 1. The fourth-order valence-electron chi connectivity index (χ4n) is 1.36. The van der Waals surface area contributed by atoms with E-state index in [1.807, 2.05) is 31.2 Å². The maximum atomic E-state index is 11.0. The van der Waals surface area contributed by atoms with Crippen molar-refractivity contribution in [3.63, 3.8) is 0 Å². The van der Waals surface area contributed by atoms with Gasteiger partial charge in [-0.2, -0.15) is 0 Å². The van der Waals surface area contributed by atoms with E-state index in [2.05, 4.69) is 5.32 Å². The summed E-state index contributed by atoms with van der Waals surface area (Å²) in [5.74, 6) is -0.350. The minimum atomic E-state index is -0.388. The lowest BCUT2D eigenvalue weighted by Gasteiger charge is -2.14. The van der Waals surface area contributed by atoms with Crippen LogP contribution >= 0.6 is 0 Å². The van der Waals surface area contributed by atoms with Crippen molar-refractivity contribution < 1.29 is 4.79 Å². The molecule has 0 bridgehead atoms. The number of likely N-dealkylation sites (N-methyl/N-ethyl adjacent to an activating group) is 1. The van der Waals surface area contributed by atoms with Crippen molar-refractivity contribution >= 4 is 5.91 Å². The number of nitrogens with one attached hydrogen (secondary N) is 1. The van der Waals surface area contributed by atoms with E-state index in [4.69, 9.17) is 5.73 Å². The molecule has 0 heterocycles. The molecule has 0 radical (unpaired) electrons. The van der Waals surface area contributed by atoms with Crippen molar-refractivity contribution in [3.05, 3.63) is 35.4 Å². The summed E-state index contributed by atoms with van der Waals surface area (Å²) in [5, 5.41) is 2.88. The first-order valence-corrected chi connectivity index (χ1v) is 4.19. The first-order chi connectivity index (χ1) is 6.16. The Labute approximate surface area is 77.9 Å². The second-order valence-electron chi connectivity index (χ2n) is 2.98. The number of hydrogen-bond acceptors (Lipinski definition) is 2. The van der Waals surface area contributed by atoms with Gasteiger partial charge in [0, 0.05) is 0 Å². The van der Waals surface area contributed by atoms with Gasteiger partial charge in [-0.25, -0.2) is 0 Å². The summed E-state index contributed by atoms with van der Waals surface area (Å²) in [6.07, 6.45) is 0. The molecule has 3 nitrogen and oxygen atoms in total. The Balaban J connectivity index is 3.04. The van der Waals surface area contributed by atoms with Crippen LogP contribution in [-0.2, 0) is 4.79 Å². The Morgan fingerprint density at radius 2 is 2.08 bits per heavy atom. The fourth-order valence-corrected chi connectivity index (χ4v) is 1.36. The van der Waals surface area contributed by atoms with E-state index in [0.29, 0.717) is 0 Å². The number of amides is 1. The van der Waals surface area contributed by atoms with Gasteiger partial charge in [0.15, 0.2) is 0 Å². The molecule has 1 aromatic rings. The van der Waals surface area contributed by atoms with E-state index in [0.717, 1.165) is 11.1 Å². The molecule has 13 heavy (non-hydrogen) atoms. The summed E-state index contributed by atoms with van der Waals surface area (Å²) in [4.78, 5) is 11.0. The number of rotatable bonds is 3. The second kappa shape index (κ2) is 4.05. The zero-order valence-corrected chi connectivity index (χ0v) is 7.87. The van der Waals surface area contributed by atoms with Gasteiger partial charge >= 0.3 is 0 Å². The fraction of sp³-hybridized carbons (Fsp3) is 0.300. The normalized spacial score (nSPS) is 12.5. The lowest BCUT2D eigenvalue weighted by atomic mass is 10.0. The third-order valence-corrected chi connectivity index (χ3v) is 2.07. The molecule has 3 heteroatoms. The highest BCUT2D eigenvalue weighted by atomic mass is 16.1. The summed E-state index contributed by atoms with van der Waals surface area (Å²) in [6, 6.07) is 7.31. The largest absolute Gasteiger partial charge is 0.368 e. The minimum Gasteiger partial charge on any atom is -0.368 e. The van der Waals surface area contributed by atoms with Gasteiger partial charge in [-0.05, 0) is 25.1 Å². The maximum Gasteiger partial charge on any atom is 0.239 e. The second-order valence-corrected chi connectivity index (χ2v) is 2.98. The molecule has 3 N–H and O–H groups in total. The Hall–Kier alpha value is -1.35. The average molecular weight is 178 g/mol. The summed E-state index contributed by atoms with van der Waals surface area (Å²) >= 11 is 0. The first-order valence-electron chi connectivity index (χ1n) is 4.19. The van der Waals surface area contributed by atoms with Gasteiger partial charge in [-0.3, -0.25) is 4.79 Å². The van der Waals surface area contributed by atoms with Crippen LogP contribution in [-0.4, -0.2) is 13.0 Å². The molecule has 0 saturated heterocycles. The lowest BCUT2D eigenvalue weighted by molar-refractivity contribution is -0.120. The van der Waals surface area contributed by atoms with Crippen molar-refractivity contribution in [1.82, 2.24) is 5.32 Å². The number of hydrogen-bond donors (Lipinski definition) is 2. The molecule has 1 atom stereocenters. The molecule has 0 spiro atoms. The van der Waals surface area contributed by atoms with Crippen LogP contribution < -0.4 is 11.1 Å². The van der Waals surface area contributed by atoms with Crippen LogP contribution in [0.5, 0.6) is 0 Å². The van der Waals surface area contributed by atoms with Crippen LogP contribution in [0.25, 0.3) is 0 Å². The summed E-state index contributed by atoms with van der Waals surface area (Å²) in [5.41, 5.74) is 7.26. The lowest BCUT2D eigenvalue weighted by Crippen LogP contribution is -2.31. The van der Waals surface area contributed by atoms with Crippen LogP contribution in [0, 0.1) is 6.92 Å². The molecule has 1 amide bonds. The van der Waals surface area contributed by atoms with Gasteiger partial charge in [-0.15, -0.1) is 0 Å². The average Bonchev–Trinajstić information content (AvgIpc) is 2.09. The first kappa shape index (κ1) is 9.74. The number of carbonyl (C=O) groups is 1. The highest BCUT2D eigenvalue weighted by Gasteiger charge is 2.16. The van der Waals surface area contributed by atoms with E-state index in [1.165, 1.54) is 0 Å². The van der Waals surface area contributed by atoms with Crippen molar-refractivity contribution in [2.24, 2.45) is 5.73 Å². The molecule has 1 unspecified atom stereocenters. The predicted octanol–water partition coefficient (Wildman–Crippen LogP) is 0.741. The highest BCUT2D eigenvalue weighted by Crippen LogP contribution is 2.16.